The normalized spacial score (nSPS) is 13.8. The van der Waals surface area contributed by atoms with Gasteiger partial charge in [-0.1, -0.05) is 49.8 Å². The summed E-state index contributed by atoms with van der Waals surface area (Å²) in [5, 5.41) is 28.0. The van der Waals surface area contributed by atoms with Crippen LogP contribution in [0.1, 0.15) is 67.3 Å². The predicted octanol–water partition coefficient (Wildman–Crippen LogP) is 9.17. The summed E-state index contributed by atoms with van der Waals surface area (Å²) in [6, 6.07) is 24.2. The van der Waals surface area contributed by atoms with Crippen LogP contribution in [-0.2, 0) is 11.3 Å². The topological polar surface area (TPSA) is 93.9 Å². The van der Waals surface area contributed by atoms with Crippen molar-refractivity contribution in [1.29, 1.82) is 10.5 Å². The monoisotopic (exact) mass is 644 g/mol. The van der Waals surface area contributed by atoms with Gasteiger partial charge in [0, 0.05) is 52.3 Å². The molecular formula is C39H40N4O3S. The van der Waals surface area contributed by atoms with E-state index in [4.69, 9.17) is 16.0 Å². The van der Waals surface area contributed by atoms with Gasteiger partial charge in [-0.25, -0.2) is 4.85 Å². The van der Waals surface area contributed by atoms with E-state index in [-0.39, 0.29) is 23.6 Å². The molecule has 1 aliphatic heterocycles. The summed E-state index contributed by atoms with van der Waals surface area (Å²) in [5.74, 6) is 0.849. The van der Waals surface area contributed by atoms with Crippen molar-refractivity contribution in [2.75, 3.05) is 24.6 Å². The molecule has 0 fully saturated rings. The minimum absolute atomic E-state index is 0.0411. The minimum atomic E-state index is -0.849. The summed E-state index contributed by atoms with van der Waals surface area (Å²) in [7, 11) is 0. The Labute approximate surface area is 282 Å². The second kappa shape index (κ2) is 17.0. The van der Waals surface area contributed by atoms with Gasteiger partial charge < -0.3 is 19.5 Å². The van der Waals surface area contributed by atoms with Crippen molar-refractivity contribution in [2.45, 2.75) is 58.7 Å². The molecule has 2 aromatic carbocycles. The molecule has 0 saturated carbocycles. The molecule has 0 amide bonds. The van der Waals surface area contributed by atoms with Gasteiger partial charge in [0.25, 0.3) is 0 Å². The maximum absolute atomic E-state index is 9.33. The van der Waals surface area contributed by atoms with Crippen molar-refractivity contribution in [3.05, 3.63) is 122 Å². The van der Waals surface area contributed by atoms with Crippen molar-refractivity contribution in [1.82, 2.24) is 0 Å². The maximum Gasteiger partial charge on any atom is 0.237 e. The lowest BCUT2D eigenvalue weighted by Crippen LogP contribution is -2.25. The number of thiophene rings is 1. The van der Waals surface area contributed by atoms with E-state index in [9.17, 15) is 15.6 Å². The highest BCUT2D eigenvalue weighted by molar-refractivity contribution is 7.13. The second-order valence-corrected chi connectivity index (χ2v) is 12.7. The molecule has 1 N–H and O–H groups in total. The van der Waals surface area contributed by atoms with Crippen LogP contribution in [-0.4, -0.2) is 30.4 Å². The van der Waals surface area contributed by atoms with Gasteiger partial charge in [0.1, 0.15) is 30.1 Å². The molecule has 0 bridgehead atoms. The van der Waals surface area contributed by atoms with Gasteiger partial charge in [0.05, 0.1) is 6.57 Å². The van der Waals surface area contributed by atoms with E-state index in [2.05, 4.69) is 59.2 Å². The smallest absolute Gasteiger partial charge is 0.237 e. The zero-order valence-electron chi connectivity index (χ0n) is 27.2. The zero-order chi connectivity index (χ0) is 33.6. The average molecular weight is 645 g/mol. The lowest BCUT2D eigenvalue weighted by molar-refractivity contribution is 0.0954. The molecule has 3 aromatic rings. The molecule has 0 atom stereocenters. The van der Waals surface area contributed by atoms with Crippen molar-refractivity contribution in [3.63, 3.8) is 0 Å². The Balaban J connectivity index is 1.59. The Kier molecular flexibility index (Phi) is 12.6. The lowest BCUT2D eigenvalue weighted by Gasteiger charge is -2.26. The molecule has 1 aromatic heterocycles. The molecule has 0 radical (unpaired) electrons. The van der Waals surface area contributed by atoms with Crippen molar-refractivity contribution >= 4 is 35.3 Å². The third-order valence-electron chi connectivity index (χ3n) is 7.74. The number of unbranched alkanes of at least 4 members (excludes halogenated alkanes) is 2. The molecule has 0 saturated heterocycles. The van der Waals surface area contributed by atoms with Crippen LogP contribution in [0.25, 0.3) is 23.1 Å². The highest BCUT2D eigenvalue weighted by Gasteiger charge is 2.38. The van der Waals surface area contributed by atoms with E-state index in [0.717, 1.165) is 71.1 Å². The first-order chi connectivity index (χ1) is 22.8. The zero-order valence-corrected chi connectivity index (χ0v) is 28.0. The summed E-state index contributed by atoms with van der Waals surface area (Å²) in [6.45, 7) is 16.0. The van der Waals surface area contributed by atoms with Crippen LogP contribution in [0.15, 0.2) is 89.3 Å². The Hall–Kier alpha value is -5.07. The first-order valence-electron chi connectivity index (χ1n) is 15.8. The molecule has 0 unspecified atom stereocenters. The number of benzene rings is 2. The number of allylic oxidation sites excluding steroid dienone is 1. The van der Waals surface area contributed by atoms with E-state index in [1.165, 1.54) is 0 Å². The van der Waals surface area contributed by atoms with Crippen LogP contribution in [0.3, 0.4) is 0 Å². The van der Waals surface area contributed by atoms with Gasteiger partial charge >= 0.3 is 0 Å². The number of nitriles is 2. The first-order valence-corrected chi connectivity index (χ1v) is 16.6. The number of ether oxygens (including phenoxy) is 2. The number of anilines is 1. The summed E-state index contributed by atoms with van der Waals surface area (Å²) in [4.78, 5) is 8.01. The number of aliphatic hydroxyl groups is 1. The van der Waals surface area contributed by atoms with Crippen LogP contribution in [0, 0.1) is 29.2 Å². The van der Waals surface area contributed by atoms with Gasteiger partial charge in [0.15, 0.2) is 11.3 Å². The van der Waals surface area contributed by atoms with E-state index in [0.29, 0.717) is 12.2 Å². The predicted molar refractivity (Wildman–Crippen MR) is 190 cm³/mol. The molecule has 240 valence electrons. The van der Waals surface area contributed by atoms with Gasteiger partial charge in [-0.3, -0.25) is 0 Å². The number of aliphatic hydroxyl groups excluding tert-OH is 1. The summed E-state index contributed by atoms with van der Waals surface area (Å²) >= 11 is 1.60. The molecule has 4 rings (SSSR count). The molecule has 47 heavy (non-hydrogen) atoms. The largest absolute Gasteiger partial charge is 0.493 e. The molecular weight excluding hydrogens is 605 g/mol. The number of nitrogens with zero attached hydrogens (tertiary/aromatic N) is 4. The van der Waals surface area contributed by atoms with E-state index in [1.807, 2.05) is 68.5 Å². The molecule has 0 spiro atoms. The standard InChI is InChI=1S/C39H40N4O3S/c1-5-6-22-43(23-10-11-24-44)32-16-14-30(36(25-32)45-28-29-12-8-7-9-13-29)15-17-33-18-19-34(47-33)20-21-35-37(42-4)38(31(26-40)27-41)46-39(35,2)3/h7-9,12-21,25,44H,5-6,10-11,22-24,28H2,1-3H3/b17-15+,21-20+. The SMILES string of the molecule is [C-]#[N+]C1=C(/C=C/c2ccc(/C=C/c3ccc(N(CCCC)CCCCO)cc3OCc3ccccc3)s2)C(C)(C)OC1=C(C#N)C#N. The highest BCUT2D eigenvalue weighted by atomic mass is 32.1. The molecule has 0 aliphatic carbocycles. The van der Waals surface area contributed by atoms with Crippen LogP contribution < -0.4 is 9.64 Å². The Morgan fingerprint density at radius 3 is 2.34 bits per heavy atom. The molecule has 2 heterocycles. The molecule has 7 nitrogen and oxygen atoms in total. The van der Waals surface area contributed by atoms with Crippen molar-refractivity contribution in [3.8, 4) is 17.9 Å². The van der Waals surface area contributed by atoms with Crippen LogP contribution in [0.4, 0.5) is 5.69 Å². The summed E-state index contributed by atoms with van der Waals surface area (Å²) in [6.07, 6.45) is 11.8. The van der Waals surface area contributed by atoms with Crippen molar-refractivity contribution < 1.29 is 14.6 Å². The third-order valence-corrected chi connectivity index (χ3v) is 8.76. The second-order valence-electron chi connectivity index (χ2n) is 11.6. The fourth-order valence-corrected chi connectivity index (χ4v) is 6.01. The van der Waals surface area contributed by atoms with Gasteiger partial charge in [-0.15, -0.1) is 11.3 Å². The van der Waals surface area contributed by atoms with Gasteiger partial charge in [0.2, 0.25) is 5.70 Å². The van der Waals surface area contributed by atoms with Crippen LogP contribution >= 0.6 is 11.3 Å². The quantitative estimate of drug-likeness (QED) is 0.101. The van der Waals surface area contributed by atoms with Crippen molar-refractivity contribution in [2.24, 2.45) is 0 Å². The Bertz CT molecular complexity index is 1760. The van der Waals surface area contributed by atoms with Gasteiger partial charge in [-0.2, -0.15) is 10.5 Å². The fraction of sp³-hybridized carbons (Fsp3) is 0.308. The number of rotatable bonds is 15. The maximum atomic E-state index is 9.33. The summed E-state index contributed by atoms with van der Waals surface area (Å²) in [5.41, 5.74) is 2.95. The van der Waals surface area contributed by atoms with E-state index in [1.54, 1.807) is 11.3 Å². The Morgan fingerprint density at radius 2 is 1.68 bits per heavy atom. The number of hydrogen-bond acceptors (Lipinski definition) is 7. The van der Waals surface area contributed by atoms with Crippen LogP contribution in [0.5, 0.6) is 5.75 Å². The minimum Gasteiger partial charge on any atom is -0.493 e. The van der Waals surface area contributed by atoms with Crippen LogP contribution in [0.2, 0.25) is 0 Å². The molecule has 8 heteroatoms. The molecule has 1 aliphatic rings. The highest BCUT2D eigenvalue weighted by Crippen LogP contribution is 2.41. The first kappa shape index (κ1) is 34.8. The average Bonchev–Trinajstić information content (AvgIpc) is 3.64. The Morgan fingerprint density at radius 1 is 0.979 bits per heavy atom. The third kappa shape index (κ3) is 9.24. The lowest BCUT2D eigenvalue weighted by atomic mass is 9.97. The van der Waals surface area contributed by atoms with Gasteiger partial charge in [-0.05, 0) is 81.2 Å². The fourth-order valence-electron chi connectivity index (χ4n) is 5.19. The summed E-state index contributed by atoms with van der Waals surface area (Å²) < 4.78 is 12.3. The van der Waals surface area contributed by atoms with E-state index >= 15 is 0 Å². The van der Waals surface area contributed by atoms with E-state index < -0.39 is 5.60 Å². The number of hydrogen-bond donors (Lipinski definition) is 1.